The van der Waals surface area contributed by atoms with E-state index >= 15 is 0 Å². The molecule has 31 heavy (non-hydrogen) atoms. The van der Waals surface area contributed by atoms with Gasteiger partial charge in [-0.25, -0.2) is 4.79 Å². The van der Waals surface area contributed by atoms with Crippen molar-refractivity contribution >= 4 is 29.3 Å². The highest BCUT2D eigenvalue weighted by molar-refractivity contribution is 7.99. The standard InChI is InChI=1S/C22H24N4O4S/c1-4-26-20(16-11-7-9-13-18(16)30-5-2)24-25-22(26)31-14-19(27)23-17-12-8-6-10-15(17)21(28)29-3/h6-13H,4-5,14H2,1-3H3,(H,23,27). The number of hydrogen-bond acceptors (Lipinski definition) is 7. The summed E-state index contributed by atoms with van der Waals surface area (Å²) in [6, 6.07) is 14.4. The summed E-state index contributed by atoms with van der Waals surface area (Å²) in [5, 5.41) is 12.0. The van der Waals surface area contributed by atoms with Crippen molar-refractivity contribution in [3.63, 3.8) is 0 Å². The topological polar surface area (TPSA) is 95.3 Å². The number of nitrogens with one attached hydrogen (secondary N) is 1. The first-order chi connectivity index (χ1) is 15.1. The number of anilines is 1. The zero-order valence-electron chi connectivity index (χ0n) is 17.6. The fraction of sp³-hybridized carbons (Fsp3) is 0.273. The Morgan fingerprint density at radius 3 is 2.55 bits per heavy atom. The molecule has 0 bridgehead atoms. The minimum absolute atomic E-state index is 0.112. The first-order valence-corrected chi connectivity index (χ1v) is 10.8. The van der Waals surface area contributed by atoms with Crippen LogP contribution in [-0.4, -0.2) is 46.1 Å². The minimum atomic E-state index is -0.508. The molecule has 0 aliphatic carbocycles. The van der Waals surface area contributed by atoms with Crippen LogP contribution in [0.15, 0.2) is 53.7 Å². The third-order valence-corrected chi connectivity index (χ3v) is 5.37. The first kappa shape index (κ1) is 22.4. The average molecular weight is 441 g/mol. The van der Waals surface area contributed by atoms with E-state index in [0.717, 1.165) is 11.3 Å². The van der Waals surface area contributed by atoms with Crippen molar-refractivity contribution in [3.8, 4) is 17.1 Å². The third kappa shape index (κ3) is 5.24. The number of benzene rings is 2. The molecular formula is C22H24N4O4S. The highest BCUT2D eigenvalue weighted by atomic mass is 32.2. The number of nitrogens with zero attached hydrogens (tertiary/aromatic N) is 3. The number of amides is 1. The van der Waals surface area contributed by atoms with E-state index in [9.17, 15) is 9.59 Å². The number of carbonyl (C=O) groups excluding carboxylic acids is 2. The van der Waals surface area contributed by atoms with Gasteiger partial charge in [0.25, 0.3) is 0 Å². The summed E-state index contributed by atoms with van der Waals surface area (Å²) < 4.78 is 12.4. The molecule has 0 spiro atoms. The summed E-state index contributed by atoms with van der Waals surface area (Å²) in [4.78, 5) is 24.4. The van der Waals surface area contributed by atoms with E-state index < -0.39 is 5.97 Å². The van der Waals surface area contributed by atoms with Gasteiger partial charge in [0.15, 0.2) is 11.0 Å². The van der Waals surface area contributed by atoms with Gasteiger partial charge in [0.05, 0.1) is 36.3 Å². The van der Waals surface area contributed by atoms with Crippen molar-refractivity contribution in [3.05, 3.63) is 54.1 Å². The van der Waals surface area contributed by atoms with Crippen LogP contribution in [-0.2, 0) is 16.1 Å². The normalized spacial score (nSPS) is 10.5. The van der Waals surface area contributed by atoms with Crippen LogP contribution in [0.5, 0.6) is 5.75 Å². The minimum Gasteiger partial charge on any atom is -0.493 e. The summed E-state index contributed by atoms with van der Waals surface area (Å²) in [5.41, 5.74) is 1.56. The summed E-state index contributed by atoms with van der Waals surface area (Å²) in [5.74, 6) is 0.766. The second-order valence-corrected chi connectivity index (χ2v) is 7.30. The Morgan fingerprint density at radius 1 is 1.06 bits per heavy atom. The molecule has 1 amide bonds. The van der Waals surface area contributed by atoms with E-state index in [4.69, 9.17) is 9.47 Å². The van der Waals surface area contributed by atoms with E-state index in [2.05, 4.69) is 15.5 Å². The molecule has 0 atom stereocenters. The molecule has 1 N–H and O–H groups in total. The number of para-hydroxylation sites is 2. The molecule has 0 saturated carbocycles. The number of esters is 1. The highest BCUT2D eigenvalue weighted by Gasteiger charge is 2.18. The van der Waals surface area contributed by atoms with Gasteiger partial charge < -0.3 is 19.4 Å². The largest absolute Gasteiger partial charge is 0.493 e. The van der Waals surface area contributed by atoms with Gasteiger partial charge in [0, 0.05) is 6.54 Å². The van der Waals surface area contributed by atoms with Crippen LogP contribution in [0.2, 0.25) is 0 Å². The van der Waals surface area contributed by atoms with Crippen molar-refractivity contribution < 1.29 is 19.1 Å². The number of hydrogen-bond donors (Lipinski definition) is 1. The Balaban J connectivity index is 1.74. The molecular weight excluding hydrogens is 416 g/mol. The molecule has 3 aromatic rings. The molecule has 1 heterocycles. The van der Waals surface area contributed by atoms with Crippen LogP contribution in [0.4, 0.5) is 5.69 Å². The molecule has 0 radical (unpaired) electrons. The van der Waals surface area contributed by atoms with Crippen LogP contribution < -0.4 is 10.1 Å². The molecule has 0 aliphatic rings. The maximum absolute atomic E-state index is 12.5. The number of ether oxygens (including phenoxy) is 2. The second kappa shape index (κ2) is 10.6. The van der Waals surface area contributed by atoms with Crippen LogP contribution in [0.25, 0.3) is 11.4 Å². The van der Waals surface area contributed by atoms with Crippen molar-refractivity contribution in [2.75, 3.05) is 24.8 Å². The Labute approximate surface area is 185 Å². The molecule has 0 unspecified atom stereocenters. The quantitative estimate of drug-likeness (QED) is 0.398. The lowest BCUT2D eigenvalue weighted by Crippen LogP contribution is -2.17. The van der Waals surface area contributed by atoms with E-state index in [1.807, 2.05) is 42.7 Å². The second-order valence-electron chi connectivity index (χ2n) is 6.35. The average Bonchev–Trinajstić information content (AvgIpc) is 3.21. The predicted molar refractivity (Wildman–Crippen MR) is 119 cm³/mol. The van der Waals surface area contributed by atoms with E-state index in [0.29, 0.717) is 35.4 Å². The maximum Gasteiger partial charge on any atom is 0.339 e. The third-order valence-electron chi connectivity index (χ3n) is 4.40. The van der Waals surface area contributed by atoms with Gasteiger partial charge in [-0.3, -0.25) is 4.79 Å². The van der Waals surface area contributed by atoms with Gasteiger partial charge >= 0.3 is 5.97 Å². The SMILES string of the molecule is CCOc1ccccc1-c1nnc(SCC(=O)Nc2ccccc2C(=O)OC)n1CC. The Bertz CT molecular complexity index is 1070. The number of rotatable bonds is 9. The van der Waals surface area contributed by atoms with Crippen molar-refractivity contribution in [1.29, 1.82) is 0 Å². The Kier molecular flexibility index (Phi) is 7.66. The van der Waals surface area contributed by atoms with E-state index in [1.165, 1.54) is 18.9 Å². The summed E-state index contributed by atoms with van der Waals surface area (Å²) in [6.07, 6.45) is 0. The lowest BCUT2D eigenvalue weighted by Gasteiger charge is -2.12. The van der Waals surface area contributed by atoms with Gasteiger partial charge in [-0.1, -0.05) is 36.0 Å². The fourth-order valence-corrected chi connectivity index (χ4v) is 3.81. The zero-order valence-corrected chi connectivity index (χ0v) is 18.4. The van der Waals surface area contributed by atoms with E-state index in [-0.39, 0.29) is 11.7 Å². The Morgan fingerprint density at radius 2 is 1.81 bits per heavy atom. The zero-order chi connectivity index (χ0) is 22.2. The molecule has 9 heteroatoms. The monoisotopic (exact) mass is 440 g/mol. The number of methoxy groups -OCH3 is 1. The highest BCUT2D eigenvalue weighted by Crippen LogP contribution is 2.31. The van der Waals surface area contributed by atoms with Crippen LogP contribution in [0.3, 0.4) is 0 Å². The Hall–Kier alpha value is -3.33. The van der Waals surface area contributed by atoms with Gasteiger partial charge in [-0.2, -0.15) is 0 Å². The van der Waals surface area contributed by atoms with Crippen molar-refractivity contribution in [2.24, 2.45) is 0 Å². The van der Waals surface area contributed by atoms with Crippen LogP contribution >= 0.6 is 11.8 Å². The van der Waals surface area contributed by atoms with Crippen molar-refractivity contribution in [1.82, 2.24) is 14.8 Å². The van der Waals surface area contributed by atoms with Crippen LogP contribution in [0.1, 0.15) is 24.2 Å². The number of carbonyl (C=O) groups is 2. The molecule has 0 saturated heterocycles. The lowest BCUT2D eigenvalue weighted by molar-refractivity contribution is -0.113. The molecule has 2 aromatic carbocycles. The molecule has 0 fully saturated rings. The first-order valence-electron chi connectivity index (χ1n) is 9.84. The molecule has 162 valence electrons. The summed E-state index contributed by atoms with van der Waals surface area (Å²) in [6.45, 7) is 5.11. The molecule has 8 nitrogen and oxygen atoms in total. The number of aromatic nitrogens is 3. The van der Waals surface area contributed by atoms with Gasteiger partial charge in [0.2, 0.25) is 5.91 Å². The van der Waals surface area contributed by atoms with Crippen molar-refractivity contribution in [2.45, 2.75) is 25.5 Å². The maximum atomic E-state index is 12.5. The number of thioether (sulfide) groups is 1. The van der Waals surface area contributed by atoms with Gasteiger partial charge in [-0.15, -0.1) is 10.2 Å². The lowest BCUT2D eigenvalue weighted by atomic mass is 10.2. The molecule has 0 aliphatic heterocycles. The summed E-state index contributed by atoms with van der Waals surface area (Å²) >= 11 is 1.27. The fourth-order valence-electron chi connectivity index (χ4n) is 3.01. The van der Waals surface area contributed by atoms with E-state index in [1.54, 1.807) is 24.3 Å². The molecule has 3 rings (SSSR count). The summed E-state index contributed by atoms with van der Waals surface area (Å²) in [7, 11) is 1.30. The van der Waals surface area contributed by atoms with Crippen LogP contribution in [0, 0.1) is 0 Å². The predicted octanol–water partition coefficient (Wildman–Crippen LogP) is 3.88. The smallest absolute Gasteiger partial charge is 0.339 e. The van der Waals surface area contributed by atoms with Gasteiger partial charge in [0.1, 0.15) is 5.75 Å². The molecule has 1 aromatic heterocycles. The van der Waals surface area contributed by atoms with Gasteiger partial charge in [-0.05, 0) is 38.1 Å².